The molecular weight excluding hydrogens is 264 g/mol. The summed E-state index contributed by atoms with van der Waals surface area (Å²) >= 11 is 0. The van der Waals surface area contributed by atoms with Crippen LogP contribution in [0, 0.1) is 0 Å². The first-order valence-corrected chi connectivity index (χ1v) is 9.56. The van der Waals surface area contributed by atoms with Gasteiger partial charge in [0.2, 0.25) is 0 Å². The molecule has 0 saturated heterocycles. The average molecular weight is 288 g/mol. The summed E-state index contributed by atoms with van der Waals surface area (Å²) in [4.78, 5) is 0. The van der Waals surface area contributed by atoms with Gasteiger partial charge >= 0.3 is 8.56 Å². The summed E-state index contributed by atoms with van der Waals surface area (Å²) in [5, 5.41) is 3.82. The average Bonchev–Trinajstić information content (AvgIpc) is 2.47. The van der Waals surface area contributed by atoms with Gasteiger partial charge in [-0.25, -0.2) is 0 Å². The second kappa shape index (κ2) is 7.02. The molecule has 0 heterocycles. The molecule has 0 N–H and O–H groups in total. The van der Waals surface area contributed by atoms with E-state index in [1.165, 1.54) is 16.0 Å². The molecule has 0 radical (unpaired) electrons. The Hall–Kier alpha value is -1.16. The van der Waals surface area contributed by atoms with Crippen LogP contribution in [0.2, 0.25) is 6.04 Å². The Morgan fingerprint density at radius 3 is 2.15 bits per heavy atom. The second-order valence-electron chi connectivity index (χ2n) is 4.90. The van der Waals surface area contributed by atoms with E-state index in [9.17, 15) is 0 Å². The molecule has 0 atom stereocenters. The van der Waals surface area contributed by atoms with Crippen molar-refractivity contribution in [3.05, 3.63) is 42.5 Å². The highest BCUT2D eigenvalue weighted by Crippen LogP contribution is 2.22. The highest BCUT2D eigenvalue weighted by atomic mass is 28.4. The summed E-state index contributed by atoms with van der Waals surface area (Å²) < 4.78 is 12.4. The largest absolute Gasteiger partial charge is 0.391 e. The van der Waals surface area contributed by atoms with Crippen molar-refractivity contribution in [2.45, 2.75) is 33.2 Å². The first-order valence-electron chi connectivity index (χ1n) is 7.53. The van der Waals surface area contributed by atoms with Gasteiger partial charge in [0.1, 0.15) is 0 Å². The van der Waals surface area contributed by atoms with Gasteiger partial charge in [-0.3, -0.25) is 0 Å². The molecule has 0 aliphatic heterocycles. The van der Waals surface area contributed by atoms with Crippen molar-refractivity contribution in [3.63, 3.8) is 0 Å². The molecule has 2 rings (SSSR count). The van der Waals surface area contributed by atoms with Gasteiger partial charge in [-0.05, 0) is 30.7 Å². The molecule has 108 valence electrons. The number of hydrogen-bond donors (Lipinski definition) is 0. The van der Waals surface area contributed by atoms with Crippen LogP contribution in [0.5, 0.6) is 0 Å². The Morgan fingerprint density at radius 1 is 0.850 bits per heavy atom. The van der Waals surface area contributed by atoms with Crippen LogP contribution in [0.25, 0.3) is 10.8 Å². The van der Waals surface area contributed by atoms with Crippen molar-refractivity contribution >= 4 is 24.5 Å². The predicted molar refractivity (Wildman–Crippen MR) is 87.7 cm³/mol. The summed E-state index contributed by atoms with van der Waals surface area (Å²) in [6.07, 6.45) is 1.08. The SMILES string of the molecule is CCC[Si](OCC)(OCC)c1cccc2ccccc12. The van der Waals surface area contributed by atoms with Crippen molar-refractivity contribution in [1.29, 1.82) is 0 Å². The molecule has 3 heteroatoms. The van der Waals surface area contributed by atoms with Crippen LogP contribution in [-0.4, -0.2) is 21.8 Å². The normalized spacial score (nSPS) is 11.9. The Kier molecular flexibility index (Phi) is 5.35. The Labute approximate surface area is 123 Å². The van der Waals surface area contributed by atoms with Gasteiger partial charge in [-0.1, -0.05) is 55.8 Å². The molecular formula is C17H24O2Si. The molecule has 20 heavy (non-hydrogen) atoms. The van der Waals surface area contributed by atoms with Gasteiger partial charge < -0.3 is 8.85 Å². The monoisotopic (exact) mass is 288 g/mol. The first-order chi connectivity index (χ1) is 9.77. The predicted octanol–water partition coefficient (Wildman–Crippen LogP) is 3.97. The van der Waals surface area contributed by atoms with E-state index in [4.69, 9.17) is 8.85 Å². The van der Waals surface area contributed by atoms with E-state index in [1.54, 1.807) is 0 Å². The number of hydrogen-bond acceptors (Lipinski definition) is 2. The zero-order valence-electron chi connectivity index (χ0n) is 12.7. The molecule has 2 nitrogen and oxygen atoms in total. The Morgan fingerprint density at radius 2 is 1.50 bits per heavy atom. The summed E-state index contributed by atoms with van der Waals surface area (Å²) in [6, 6.07) is 16.0. The summed E-state index contributed by atoms with van der Waals surface area (Å²) in [5.74, 6) is 0. The maximum Gasteiger partial charge on any atom is 0.373 e. The van der Waals surface area contributed by atoms with Gasteiger partial charge in [0.05, 0.1) is 0 Å². The van der Waals surface area contributed by atoms with E-state index in [0.29, 0.717) is 13.2 Å². The highest BCUT2D eigenvalue weighted by molar-refractivity contribution is 6.83. The molecule has 0 aliphatic carbocycles. The third-order valence-electron chi connectivity index (χ3n) is 3.53. The quantitative estimate of drug-likeness (QED) is 0.718. The lowest BCUT2D eigenvalue weighted by atomic mass is 10.1. The van der Waals surface area contributed by atoms with Crippen LogP contribution in [0.15, 0.2) is 42.5 Å². The highest BCUT2D eigenvalue weighted by Gasteiger charge is 2.39. The van der Waals surface area contributed by atoms with E-state index in [2.05, 4.69) is 63.2 Å². The third kappa shape index (κ3) is 2.95. The zero-order valence-corrected chi connectivity index (χ0v) is 13.7. The fraction of sp³-hybridized carbons (Fsp3) is 0.412. The topological polar surface area (TPSA) is 18.5 Å². The molecule has 0 unspecified atom stereocenters. The fourth-order valence-corrected chi connectivity index (χ4v) is 6.36. The van der Waals surface area contributed by atoms with E-state index in [1.807, 2.05) is 0 Å². The van der Waals surface area contributed by atoms with Crippen molar-refractivity contribution in [2.75, 3.05) is 13.2 Å². The number of rotatable bonds is 7. The van der Waals surface area contributed by atoms with Crippen LogP contribution < -0.4 is 5.19 Å². The van der Waals surface area contributed by atoms with Gasteiger partial charge in [-0.2, -0.15) is 0 Å². The Bertz CT molecular complexity index is 531. The van der Waals surface area contributed by atoms with Gasteiger partial charge in [0.25, 0.3) is 0 Å². The standard InChI is InChI=1S/C17H24O2Si/c1-4-14-20(18-5-2,19-6-3)17-13-9-11-15-10-7-8-12-16(15)17/h7-13H,4-6,14H2,1-3H3. The molecule has 0 aliphatic rings. The molecule has 0 amide bonds. The maximum atomic E-state index is 6.22. The molecule has 0 bridgehead atoms. The van der Waals surface area contributed by atoms with E-state index < -0.39 is 8.56 Å². The summed E-state index contributed by atoms with van der Waals surface area (Å²) in [5.41, 5.74) is 0. The minimum Gasteiger partial charge on any atom is -0.391 e. The minimum absolute atomic E-state index is 0.704. The van der Waals surface area contributed by atoms with Crippen LogP contribution in [0.4, 0.5) is 0 Å². The fourth-order valence-electron chi connectivity index (χ4n) is 2.83. The third-order valence-corrected chi connectivity index (χ3v) is 7.46. The zero-order chi connectivity index (χ0) is 14.4. The van der Waals surface area contributed by atoms with Gasteiger partial charge in [0.15, 0.2) is 0 Å². The van der Waals surface area contributed by atoms with Crippen LogP contribution >= 0.6 is 0 Å². The smallest absolute Gasteiger partial charge is 0.373 e. The maximum absolute atomic E-state index is 6.22. The van der Waals surface area contributed by atoms with Crippen LogP contribution in [0.3, 0.4) is 0 Å². The lowest BCUT2D eigenvalue weighted by molar-refractivity contribution is 0.195. The summed E-state index contributed by atoms with van der Waals surface area (Å²) in [7, 11) is -2.34. The van der Waals surface area contributed by atoms with Gasteiger partial charge in [-0.15, -0.1) is 0 Å². The molecule has 0 fully saturated rings. The van der Waals surface area contributed by atoms with Crippen molar-refractivity contribution in [1.82, 2.24) is 0 Å². The molecule has 0 spiro atoms. The molecule has 0 saturated carbocycles. The lowest BCUT2D eigenvalue weighted by Crippen LogP contribution is -2.54. The molecule has 2 aromatic carbocycles. The summed E-state index contributed by atoms with van der Waals surface area (Å²) in [6.45, 7) is 7.72. The van der Waals surface area contributed by atoms with Crippen molar-refractivity contribution in [2.24, 2.45) is 0 Å². The van der Waals surface area contributed by atoms with E-state index in [0.717, 1.165) is 12.5 Å². The number of benzene rings is 2. The van der Waals surface area contributed by atoms with Crippen molar-refractivity contribution in [3.8, 4) is 0 Å². The van der Waals surface area contributed by atoms with Gasteiger partial charge in [0, 0.05) is 18.4 Å². The molecule has 2 aromatic rings. The molecule has 0 aromatic heterocycles. The number of fused-ring (bicyclic) bond motifs is 1. The first kappa shape index (κ1) is 15.2. The van der Waals surface area contributed by atoms with E-state index in [-0.39, 0.29) is 0 Å². The Balaban J connectivity index is 2.60. The van der Waals surface area contributed by atoms with Crippen LogP contribution in [-0.2, 0) is 8.85 Å². The second-order valence-corrected chi connectivity index (χ2v) is 8.02. The lowest BCUT2D eigenvalue weighted by Gasteiger charge is -2.31. The van der Waals surface area contributed by atoms with Crippen LogP contribution in [0.1, 0.15) is 27.2 Å². The van der Waals surface area contributed by atoms with Crippen molar-refractivity contribution < 1.29 is 8.85 Å². The van der Waals surface area contributed by atoms with E-state index >= 15 is 0 Å². The minimum atomic E-state index is -2.34.